The Morgan fingerprint density at radius 3 is 2.76 bits per heavy atom. The summed E-state index contributed by atoms with van der Waals surface area (Å²) in [4.78, 5) is 23.4. The average molecular weight is 416 g/mol. The average Bonchev–Trinajstić information content (AvgIpc) is 3.14. The number of hydrogen-bond donors (Lipinski definition) is 1. The summed E-state index contributed by atoms with van der Waals surface area (Å²) in [6.45, 7) is 1.15. The van der Waals surface area contributed by atoms with Gasteiger partial charge >= 0.3 is 6.09 Å². The lowest BCUT2D eigenvalue weighted by molar-refractivity contribution is -0.154. The van der Waals surface area contributed by atoms with Crippen molar-refractivity contribution in [2.75, 3.05) is 25.5 Å². The molecule has 1 saturated heterocycles. The third-order valence-electron chi connectivity index (χ3n) is 5.16. The van der Waals surface area contributed by atoms with Crippen LogP contribution >= 0.6 is 11.6 Å². The number of methoxy groups -OCH3 is 1. The number of anilines is 1. The second-order valence-electron chi connectivity index (χ2n) is 7.16. The number of carbonyl (C=O) groups excluding carboxylic acids is 1. The van der Waals surface area contributed by atoms with Crippen LogP contribution in [-0.4, -0.2) is 42.7 Å². The Kier molecular flexibility index (Phi) is 5.60. The Bertz CT molecular complexity index is 926. The van der Waals surface area contributed by atoms with Gasteiger partial charge in [-0.05, 0) is 30.3 Å². The molecule has 0 atom stereocenters. The van der Waals surface area contributed by atoms with Crippen molar-refractivity contribution in [3.05, 3.63) is 59.1 Å². The molecule has 8 heteroatoms. The van der Waals surface area contributed by atoms with E-state index in [0.717, 1.165) is 23.4 Å². The predicted molar refractivity (Wildman–Crippen MR) is 110 cm³/mol. The van der Waals surface area contributed by atoms with Crippen LogP contribution in [0.1, 0.15) is 24.8 Å². The molecule has 0 aromatic heterocycles. The van der Waals surface area contributed by atoms with Crippen molar-refractivity contribution in [1.29, 1.82) is 0 Å². The zero-order chi connectivity index (χ0) is 20.3. The molecule has 1 fully saturated rings. The first-order chi connectivity index (χ1) is 14.0. The molecule has 1 amide bonds. The van der Waals surface area contributed by atoms with E-state index in [-0.39, 0.29) is 5.60 Å². The van der Waals surface area contributed by atoms with Gasteiger partial charge in [0.15, 0.2) is 0 Å². The zero-order valence-corrected chi connectivity index (χ0v) is 16.8. The predicted octanol–water partition coefficient (Wildman–Crippen LogP) is 4.47. The molecule has 0 aliphatic carbocycles. The van der Waals surface area contributed by atoms with Crippen LogP contribution in [0.3, 0.4) is 0 Å². The fourth-order valence-corrected chi connectivity index (χ4v) is 3.75. The van der Waals surface area contributed by atoms with Crippen molar-refractivity contribution < 1.29 is 19.2 Å². The summed E-state index contributed by atoms with van der Waals surface area (Å²) in [6, 6.07) is 14.7. The summed E-state index contributed by atoms with van der Waals surface area (Å²) in [5, 5.41) is 9.20. The minimum Gasteiger partial charge on any atom is -0.497 e. The Hall–Kier alpha value is -2.77. The van der Waals surface area contributed by atoms with Crippen molar-refractivity contribution in [2.24, 2.45) is 5.16 Å². The van der Waals surface area contributed by atoms with Gasteiger partial charge in [0.2, 0.25) is 0 Å². The van der Waals surface area contributed by atoms with Crippen LogP contribution in [0, 0.1) is 0 Å². The van der Waals surface area contributed by atoms with E-state index < -0.39 is 6.09 Å². The monoisotopic (exact) mass is 415 g/mol. The number of hydroxylamine groups is 2. The first-order valence-corrected chi connectivity index (χ1v) is 9.82. The van der Waals surface area contributed by atoms with Crippen LogP contribution in [0.15, 0.2) is 53.7 Å². The van der Waals surface area contributed by atoms with Gasteiger partial charge in [0.25, 0.3) is 0 Å². The molecule has 0 saturated carbocycles. The minimum absolute atomic E-state index is 0.346. The van der Waals surface area contributed by atoms with Crippen molar-refractivity contribution in [3.63, 3.8) is 0 Å². The highest BCUT2D eigenvalue weighted by molar-refractivity contribution is 6.30. The van der Waals surface area contributed by atoms with Gasteiger partial charge in [0.1, 0.15) is 11.4 Å². The number of halogens is 1. The largest absolute Gasteiger partial charge is 0.497 e. The highest BCUT2D eigenvalue weighted by Gasteiger charge is 2.43. The van der Waals surface area contributed by atoms with Gasteiger partial charge in [-0.15, -0.1) is 5.06 Å². The number of benzene rings is 2. The molecule has 2 aliphatic heterocycles. The van der Waals surface area contributed by atoms with E-state index in [9.17, 15) is 4.79 Å². The Morgan fingerprint density at radius 1 is 1.21 bits per heavy atom. The molecular weight excluding hydrogens is 394 g/mol. The molecule has 2 aromatic rings. The Morgan fingerprint density at radius 2 is 2.00 bits per heavy atom. The third kappa shape index (κ3) is 4.63. The van der Waals surface area contributed by atoms with Gasteiger partial charge in [0, 0.05) is 48.6 Å². The zero-order valence-electron chi connectivity index (χ0n) is 16.1. The van der Waals surface area contributed by atoms with E-state index in [2.05, 4.69) is 10.5 Å². The molecule has 0 bridgehead atoms. The summed E-state index contributed by atoms with van der Waals surface area (Å²) in [5.41, 5.74) is 2.16. The number of oxime groups is 1. The molecular formula is C21H22ClN3O4. The van der Waals surface area contributed by atoms with Crippen LogP contribution in [-0.2, 0) is 9.68 Å². The van der Waals surface area contributed by atoms with E-state index in [4.69, 9.17) is 26.0 Å². The van der Waals surface area contributed by atoms with Crippen molar-refractivity contribution in [1.82, 2.24) is 5.06 Å². The van der Waals surface area contributed by atoms with Gasteiger partial charge in [-0.1, -0.05) is 35.0 Å². The number of rotatable bonds is 4. The maximum Gasteiger partial charge on any atom is 0.430 e. The van der Waals surface area contributed by atoms with Gasteiger partial charge < -0.3 is 14.4 Å². The second kappa shape index (κ2) is 8.31. The number of nitrogens with zero attached hydrogens (tertiary/aromatic N) is 2. The number of amides is 1. The van der Waals surface area contributed by atoms with Crippen molar-refractivity contribution >= 4 is 29.1 Å². The van der Waals surface area contributed by atoms with E-state index in [1.165, 1.54) is 0 Å². The van der Waals surface area contributed by atoms with E-state index in [0.29, 0.717) is 36.6 Å². The molecule has 1 spiro atoms. The van der Waals surface area contributed by atoms with Crippen LogP contribution in [0.2, 0.25) is 5.02 Å². The highest BCUT2D eigenvalue weighted by atomic mass is 35.5. The summed E-state index contributed by atoms with van der Waals surface area (Å²) < 4.78 is 5.29. The Labute approximate surface area is 174 Å². The van der Waals surface area contributed by atoms with Gasteiger partial charge in [0.05, 0.1) is 12.8 Å². The lowest BCUT2D eigenvalue weighted by Gasteiger charge is -2.35. The number of ether oxygens (including phenoxy) is 1. The van der Waals surface area contributed by atoms with Gasteiger partial charge in [-0.3, -0.25) is 5.32 Å². The van der Waals surface area contributed by atoms with Crippen molar-refractivity contribution in [2.45, 2.75) is 24.9 Å². The molecule has 29 heavy (non-hydrogen) atoms. The van der Waals surface area contributed by atoms with E-state index in [1.54, 1.807) is 36.4 Å². The lowest BCUT2D eigenvalue weighted by Crippen LogP contribution is -2.45. The number of hydrogen-bond acceptors (Lipinski definition) is 6. The Balaban J connectivity index is 1.29. The molecule has 7 nitrogen and oxygen atoms in total. The molecule has 0 unspecified atom stereocenters. The number of carbonyl (C=O) groups is 1. The quantitative estimate of drug-likeness (QED) is 0.797. The molecule has 4 rings (SSSR count). The maximum absolute atomic E-state index is 12.1. The maximum atomic E-state index is 12.1. The molecule has 2 aromatic carbocycles. The van der Waals surface area contributed by atoms with Crippen LogP contribution in [0.25, 0.3) is 0 Å². The fraction of sp³-hybridized carbons (Fsp3) is 0.333. The summed E-state index contributed by atoms with van der Waals surface area (Å²) in [7, 11) is 1.64. The molecule has 2 heterocycles. The normalized spacial score (nSPS) is 18.1. The van der Waals surface area contributed by atoms with Gasteiger partial charge in [-0.2, -0.15) is 0 Å². The SMILES string of the molecule is COc1cccc(C2=NOC3(CCN(OC(=O)Nc4cccc(Cl)c4)CC3)C2)c1. The van der Waals surface area contributed by atoms with Gasteiger partial charge in [-0.25, -0.2) is 4.79 Å². The number of piperidine rings is 1. The first-order valence-electron chi connectivity index (χ1n) is 9.44. The standard InChI is InChI=1S/C21H22ClN3O4/c1-27-18-7-2-4-15(12-18)19-14-21(29-24-19)8-10-25(11-9-21)28-20(26)23-17-6-3-5-16(22)13-17/h2-7,12-13H,8-11,14H2,1H3,(H,23,26). The first kappa shape index (κ1) is 19.5. The summed E-state index contributed by atoms with van der Waals surface area (Å²) >= 11 is 5.93. The topological polar surface area (TPSA) is 72.4 Å². The molecule has 152 valence electrons. The number of nitrogens with one attached hydrogen (secondary N) is 1. The minimum atomic E-state index is -0.538. The second-order valence-corrected chi connectivity index (χ2v) is 7.60. The highest BCUT2D eigenvalue weighted by Crippen LogP contribution is 2.36. The van der Waals surface area contributed by atoms with E-state index >= 15 is 0 Å². The summed E-state index contributed by atoms with van der Waals surface area (Å²) in [6.07, 6.45) is 1.62. The van der Waals surface area contributed by atoms with Crippen LogP contribution in [0.5, 0.6) is 5.75 Å². The lowest BCUT2D eigenvalue weighted by atomic mass is 9.86. The smallest absolute Gasteiger partial charge is 0.430 e. The van der Waals surface area contributed by atoms with Crippen LogP contribution in [0.4, 0.5) is 10.5 Å². The molecule has 0 radical (unpaired) electrons. The third-order valence-corrected chi connectivity index (χ3v) is 5.39. The molecule has 1 N–H and O–H groups in total. The van der Waals surface area contributed by atoms with Crippen LogP contribution < -0.4 is 10.1 Å². The van der Waals surface area contributed by atoms with E-state index in [1.807, 2.05) is 24.3 Å². The summed E-state index contributed by atoms with van der Waals surface area (Å²) in [5.74, 6) is 0.792. The fourth-order valence-electron chi connectivity index (χ4n) is 3.56. The molecule has 2 aliphatic rings. The van der Waals surface area contributed by atoms with Crippen molar-refractivity contribution in [3.8, 4) is 5.75 Å².